The van der Waals surface area contributed by atoms with Crippen molar-refractivity contribution in [2.75, 3.05) is 12.1 Å². The van der Waals surface area contributed by atoms with Crippen LogP contribution in [0.25, 0.3) is 0 Å². The molecule has 5 rings (SSSR count). The number of Topliss-reactive ketones (excluding diaryl/α,β-unsaturated/α-hetero) is 1. The molecule has 144 valence electrons. The number of hydrogen-bond donors (Lipinski definition) is 1. The van der Waals surface area contributed by atoms with Crippen LogP contribution in [-0.4, -0.2) is 12.6 Å². The summed E-state index contributed by atoms with van der Waals surface area (Å²) in [4.78, 5) is 13.2. The molecule has 0 bridgehead atoms. The van der Waals surface area contributed by atoms with Crippen molar-refractivity contribution in [1.29, 1.82) is 0 Å². The van der Waals surface area contributed by atoms with Crippen LogP contribution >= 0.6 is 23.2 Å². The maximum atomic E-state index is 13.2. The smallest absolute Gasteiger partial charge is 0.231 e. The van der Waals surface area contributed by atoms with Crippen molar-refractivity contribution in [2.45, 2.75) is 32.6 Å². The molecule has 0 unspecified atom stereocenters. The molecule has 1 aliphatic carbocycles. The van der Waals surface area contributed by atoms with Gasteiger partial charge in [-0.3, -0.25) is 4.79 Å². The number of rotatable bonds is 1. The third-order valence-electron chi connectivity index (χ3n) is 5.64. The highest BCUT2D eigenvalue weighted by Gasteiger charge is 2.42. The standard InChI is InChI=1S/C22H19Cl2NO3/c1-22(2)8-15-20(16(26)9-22)19(11-4-3-5-13(23)21(11)24)12-6-17-18(28-10-27-17)7-14(12)25-15/h3-7,19,25H,8-10H2,1-2H3/t19-/m0/s1. The van der Waals surface area contributed by atoms with Crippen molar-refractivity contribution in [3.63, 3.8) is 0 Å². The number of allylic oxidation sites excluding steroid dienone is 2. The highest BCUT2D eigenvalue weighted by Crippen LogP contribution is 2.53. The summed E-state index contributed by atoms with van der Waals surface area (Å²) in [6, 6.07) is 9.46. The molecule has 0 radical (unpaired) electrons. The van der Waals surface area contributed by atoms with Gasteiger partial charge in [-0.15, -0.1) is 0 Å². The number of halogens is 2. The van der Waals surface area contributed by atoms with E-state index in [0.29, 0.717) is 28.0 Å². The summed E-state index contributed by atoms with van der Waals surface area (Å²) in [6.45, 7) is 4.43. The Kier molecular flexibility index (Phi) is 3.94. The Morgan fingerprint density at radius 1 is 1.07 bits per heavy atom. The molecule has 2 heterocycles. The van der Waals surface area contributed by atoms with Gasteiger partial charge in [-0.2, -0.15) is 0 Å². The molecule has 1 atom stereocenters. The number of ether oxygens (including phenoxy) is 2. The summed E-state index contributed by atoms with van der Waals surface area (Å²) < 4.78 is 11.1. The lowest BCUT2D eigenvalue weighted by molar-refractivity contribution is -0.118. The SMILES string of the molecule is CC1(C)CC(=O)C2=C(C1)Nc1cc3c(cc1[C@@H]2c1cccc(Cl)c1Cl)OCO3. The average Bonchev–Trinajstić information content (AvgIpc) is 3.07. The zero-order valence-electron chi connectivity index (χ0n) is 15.6. The quantitative estimate of drug-likeness (QED) is 0.627. The first-order valence-corrected chi connectivity index (χ1v) is 10.0. The number of carbonyl (C=O) groups excluding carboxylic acids is 1. The van der Waals surface area contributed by atoms with Gasteiger partial charge in [0.15, 0.2) is 17.3 Å². The third-order valence-corrected chi connectivity index (χ3v) is 6.48. The van der Waals surface area contributed by atoms with Gasteiger partial charge >= 0.3 is 0 Å². The van der Waals surface area contributed by atoms with Crippen LogP contribution < -0.4 is 14.8 Å². The van der Waals surface area contributed by atoms with Crippen LogP contribution in [0.2, 0.25) is 10.0 Å². The Balaban J connectivity index is 1.77. The molecule has 0 saturated heterocycles. The maximum Gasteiger partial charge on any atom is 0.231 e. The second kappa shape index (κ2) is 6.16. The molecule has 28 heavy (non-hydrogen) atoms. The zero-order chi connectivity index (χ0) is 19.6. The van der Waals surface area contributed by atoms with Gasteiger partial charge in [0.25, 0.3) is 0 Å². The van der Waals surface area contributed by atoms with Crippen molar-refractivity contribution in [3.8, 4) is 11.5 Å². The minimum absolute atomic E-state index is 0.0978. The first-order valence-electron chi connectivity index (χ1n) is 9.25. The molecule has 0 fully saturated rings. The van der Waals surface area contributed by atoms with E-state index in [2.05, 4.69) is 19.2 Å². The summed E-state index contributed by atoms with van der Waals surface area (Å²) in [5.74, 6) is 1.22. The van der Waals surface area contributed by atoms with Crippen LogP contribution in [0.1, 0.15) is 43.7 Å². The van der Waals surface area contributed by atoms with Gasteiger partial charge in [0.2, 0.25) is 6.79 Å². The highest BCUT2D eigenvalue weighted by molar-refractivity contribution is 6.42. The first-order chi connectivity index (χ1) is 13.3. The maximum absolute atomic E-state index is 13.2. The summed E-state index contributed by atoms with van der Waals surface area (Å²) in [6.07, 6.45) is 1.29. The van der Waals surface area contributed by atoms with Crippen LogP contribution in [0.5, 0.6) is 11.5 Å². The van der Waals surface area contributed by atoms with Crippen molar-refractivity contribution in [3.05, 3.63) is 62.8 Å². The minimum atomic E-state index is -0.296. The van der Waals surface area contributed by atoms with Crippen molar-refractivity contribution >= 4 is 34.7 Å². The van der Waals surface area contributed by atoms with Crippen molar-refractivity contribution < 1.29 is 14.3 Å². The predicted octanol–water partition coefficient (Wildman–Crippen LogP) is 5.92. The van der Waals surface area contributed by atoms with Crippen LogP contribution in [0.3, 0.4) is 0 Å². The van der Waals surface area contributed by atoms with E-state index in [4.69, 9.17) is 32.7 Å². The van der Waals surface area contributed by atoms with Crippen LogP contribution in [0, 0.1) is 5.41 Å². The van der Waals surface area contributed by atoms with Gasteiger partial charge in [0.1, 0.15) is 0 Å². The van der Waals surface area contributed by atoms with Crippen LogP contribution in [-0.2, 0) is 4.79 Å². The van der Waals surface area contributed by atoms with Crippen molar-refractivity contribution in [1.82, 2.24) is 0 Å². The molecule has 1 N–H and O–H groups in total. The molecule has 6 heteroatoms. The highest BCUT2D eigenvalue weighted by atomic mass is 35.5. The molecule has 0 amide bonds. The number of anilines is 1. The second-order valence-electron chi connectivity index (χ2n) is 8.33. The molecular formula is C22H19Cl2NO3. The Morgan fingerprint density at radius 2 is 1.82 bits per heavy atom. The number of nitrogens with one attached hydrogen (secondary N) is 1. The molecule has 0 saturated carbocycles. The molecular weight excluding hydrogens is 397 g/mol. The number of benzene rings is 2. The average molecular weight is 416 g/mol. The first kappa shape index (κ1) is 17.9. The fourth-order valence-corrected chi connectivity index (χ4v) is 4.89. The van der Waals surface area contributed by atoms with Gasteiger partial charge in [-0.1, -0.05) is 49.2 Å². The molecule has 0 spiro atoms. The third kappa shape index (κ3) is 2.70. The Hall–Kier alpha value is -2.17. The van der Waals surface area contributed by atoms with Gasteiger partial charge in [0, 0.05) is 35.4 Å². The lowest BCUT2D eigenvalue weighted by Gasteiger charge is -2.39. The topological polar surface area (TPSA) is 47.6 Å². The second-order valence-corrected chi connectivity index (χ2v) is 9.11. The summed E-state index contributed by atoms with van der Waals surface area (Å²) in [5.41, 5.74) is 4.31. The fourth-order valence-electron chi connectivity index (χ4n) is 4.47. The number of fused-ring (bicyclic) bond motifs is 2. The predicted molar refractivity (Wildman–Crippen MR) is 110 cm³/mol. The molecule has 2 aromatic rings. The summed E-state index contributed by atoms with van der Waals surface area (Å²) in [5, 5.41) is 4.45. The normalized spacial score (nSPS) is 21.9. The van der Waals surface area contributed by atoms with Crippen LogP contribution in [0.15, 0.2) is 41.6 Å². The van der Waals surface area contributed by atoms with E-state index in [-0.39, 0.29) is 23.9 Å². The monoisotopic (exact) mass is 415 g/mol. The van der Waals surface area contributed by atoms with Gasteiger partial charge < -0.3 is 14.8 Å². The number of hydrogen-bond acceptors (Lipinski definition) is 4. The molecule has 2 aromatic carbocycles. The van der Waals surface area contributed by atoms with E-state index in [0.717, 1.165) is 34.5 Å². The van der Waals surface area contributed by atoms with Gasteiger partial charge in [-0.25, -0.2) is 0 Å². The van der Waals surface area contributed by atoms with E-state index in [9.17, 15) is 4.79 Å². The number of carbonyl (C=O) groups is 1. The van der Waals surface area contributed by atoms with E-state index in [1.165, 1.54) is 0 Å². The summed E-state index contributed by atoms with van der Waals surface area (Å²) >= 11 is 12.9. The van der Waals surface area contributed by atoms with E-state index in [1.54, 1.807) is 6.07 Å². The Labute approximate surface area is 173 Å². The Bertz CT molecular complexity index is 1060. The molecule has 4 nitrogen and oxygen atoms in total. The fraction of sp³-hybridized carbons (Fsp3) is 0.318. The minimum Gasteiger partial charge on any atom is -0.454 e. The Morgan fingerprint density at radius 3 is 2.61 bits per heavy atom. The number of ketones is 1. The lowest BCUT2D eigenvalue weighted by atomic mass is 9.68. The van der Waals surface area contributed by atoms with Crippen molar-refractivity contribution in [2.24, 2.45) is 5.41 Å². The van der Waals surface area contributed by atoms with Gasteiger partial charge in [0.05, 0.1) is 10.0 Å². The largest absolute Gasteiger partial charge is 0.454 e. The molecule has 2 aliphatic heterocycles. The lowest BCUT2D eigenvalue weighted by Crippen LogP contribution is -2.33. The van der Waals surface area contributed by atoms with Gasteiger partial charge in [-0.05, 0) is 35.1 Å². The summed E-state index contributed by atoms with van der Waals surface area (Å²) in [7, 11) is 0. The van der Waals surface area contributed by atoms with Crippen LogP contribution in [0.4, 0.5) is 5.69 Å². The van der Waals surface area contributed by atoms with E-state index >= 15 is 0 Å². The zero-order valence-corrected chi connectivity index (χ0v) is 17.1. The van der Waals surface area contributed by atoms with E-state index < -0.39 is 0 Å². The van der Waals surface area contributed by atoms with E-state index in [1.807, 2.05) is 24.3 Å². The molecule has 3 aliphatic rings. The molecule has 0 aromatic heterocycles.